The van der Waals surface area contributed by atoms with Gasteiger partial charge in [0.05, 0.1) is 0 Å². The van der Waals surface area contributed by atoms with Gasteiger partial charge in [0, 0.05) is 0 Å². The maximum atomic E-state index is 2.74. The Morgan fingerprint density at radius 1 is 0.880 bits per heavy atom. The Labute approximate surface area is 170 Å². The first-order valence-electron chi connectivity index (χ1n) is 11.6. The second-order valence-corrected chi connectivity index (χ2v) is 12.0. The summed E-state index contributed by atoms with van der Waals surface area (Å²) in [5, 5.41) is 0. The molecule has 0 radical (unpaired) electrons. The lowest BCUT2D eigenvalue weighted by molar-refractivity contribution is -0.114. The molecule has 0 nitrogen and oxygen atoms in total. The minimum absolute atomic E-state index is 0.684. The van der Waals surface area contributed by atoms with Crippen LogP contribution < -0.4 is 0 Å². The van der Waals surface area contributed by atoms with Gasteiger partial charge in [-0.1, -0.05) is 56.2 Å². The molecule has 0 aliphatic heterocycles. The number of hydrogen-bond acceptors (Lipinski definition) is 0. The Kier molecular flexibility index (Phi) is 5.55. The third kappa shape index (κ3) is 3.05. The van der Waals surface area contributed by atoms with E-state index in [1.54, 1.807) is 51.4 Å². The number of hydrogen-bond donors (Lipinski definition) is 0. The zero-order chi connectivity index (χ0) is 17.7. The molecule has 144 valence electrons. The average molecular weight is 456 g/mol. The van der Waals surface area contributed by atoms with Crippen LogP contribution in [-0.2, 0) is 0 Å². The molecule has 0 heterocycles. The van der Waals surface area contributed by atoms with Gasteiger partial charge < -0.3 is 0 Å². The van der Waals surface area contributed by atoms with Gasteiger partial charge in [0.1, 0.15) is 0 Å². The summed E-state index contributed by atoms with van der Waals surface area (Å²) in [6, 6.07) is 0. The van der Waals surface area contributed by atoms with Crippen LogP contribution in [0.1, 0.15) is 97.8 Å². The van der Waals surface area contributed by atoms with Crippen LogP contribution in [-0.4, -0.2) is 4.43 Å². The van der Waals surface area contributed by atoms with Gasteiger partial charge in [-0.2, -0.15) is 0 Å². The molecule has 4 rings (SSSR count). The first-order chi connectivity index (χ1) is 12.0. The molecular formula is C24H41I. The lowest BCUT2D eigenvalue weighted by Crippen LogP contribution is -2.53. The van der Waals surface area contributed by atoms with Gasteiger partial charge in [-0.3, -0.25) is 0 Å². The Morgan fingerprint density at radius 2 is 1.68 bits per heavy atom. The highest BCUT2D eigenvalue weighted by Gasteiger charge is 2.59. The standard InChI is InChI=1S/C24H41I/c1-17(7-6-16-25)20-11-12-21-19-10-9-18-8-4-5-14-23(18,2)22(19)13-15-24(20,21)3/h17-22H,4-16H2,1-3H3. The molecule has 4 aliphatic rings. The normalized spacial score (nSPS) is 50.6. The summed E-state index contributed by atoms with van der Waals surface area (Å²) in [6.45, 7) is 8.06. The van der Waals surface area contributed by atoms with E-state index in [1.807, 2.05) is 0 Å². The molecule has 0 aromatic rings. The highest BCUT2D eigenvalue weighted by atomic mass is 127. The molecule has 0 amide bonds. The van der Waals surface area contributed by atoms with Gasteiger partial charge in [-0.15, -0.1) is 0 Å². The number of halogens is 1. The fourth-order valence-electron chi connectivity index (χ4n) is 8.87. The molecule has 0 spiro atoms. The predicted octanol–water partition coefficient (Wildman–Crippen LogP) is 7.89. The molecule has 0 aromatic carbocycles. The average Bonchev–Trinajstić information content (AvgIpc) is 2.96. The first kappa shape index (κ1) is 19.1. The third-order valence-electron chi connectivity index (χ3n) is 10.1. The minimum Gasteiger partial charge on any atom is -0.0864 e. The maximum Gasteiger partial charge on any atom is -0.000463 e. The van der Waals surface area contributed by atoms with Crippen molar-refractivity contribution in [3.05, 3.63) is 0 Å². The van der Waals surface area contributed by atoms with Gasteiger partial charge >= 0.3 is 0 Å². The topological polar surface area (TPSA) is 0 Å². The van der Waals surface area contributed by atoms with Crippen molar-refractivity contribution < 1.29 is 0 Å². The molecule has 0 aromatic heterocycles. The van der Waals surface area contributed by atoms with Crippen molar-refractivity contribution >= 4 is 22.6 Å². The summed E-state index contributed by atoms with van der Waals surface area (Å²) in [5.74, 6) is 6.29. The fourth-order valence-corrected chi connectivity index (χ4v) is 9.31. The van der Waals surface area contributed by atoms with Crippen LogP contribution in [0, 0.1) is 46.3 Å². The van der Waals surface area contributed by atoms with E-state index in [4.69, 9.17) is 0 Å². The number of alkyl halides is 1. The predicted molar refractivity (Wildman–Crippen MR) is 117 cm³/mol. The van der Waals surface area contributed by atoms with Crippen LogP contribution in [0.15, 0.2) is 0 Å². The summed E-state index contributed by atoms with van der Waals surface area (Å²) < 4.78 is 1.35. The third-order valence-corrected chi connectivity index (χ3v) is 10.9. The lowest BCUT2D eigenvalue weighted by Gasteiger charge is -2.61. The van der Waals surface area contributed by atoms with Crippen LogP contribution in [0.3, 0.4) is 0 Å². The highest BCUT2D eigenvalue weighted by molar-refractivity contribution is 14.1. The number of rotatable bonds is 4. The fraction of sp³-hybridized carbons (Fsp3) is 1.00. The summed E-state index contributed by atoms with van der Waals surface area (Å²) >= 11 is 2.57. The van der Waals surface area contributed by atoms with E-state index in [-0.39, 0.29) is 0 Å². The van der Waals surface area contributed by atoms with Crippen molar-refractivity contribution in [1.29, 1.82) is 0 Å². The molecule has 1 heteroatoms. The first-order valence-corrected chi connectivity index (χ1v) is 13.1. The molecule has 0 N–H and O–H groups in total. The molecule has 25 heavy (non-hydrogen) atoms. The van der Waals surface area contributed by atoms with Gasteiger partial charge in [0.15, 0.2) is 0 Å². The van der Waals surface area contributed by atoms with Crippen LogP contribution in [0.2, 0.25) is 0 Å². The molecule has 4 fully saturated rings. The van der Waals surface area contributed by atoms with Gasteiger partial charge in [0.25, 0.3) is 0 Å². The van der Waals surface area contributed by atoms with Crippen molar-refractivity contribution in [2.24, 2.45) is 46.3 Å². The molecule has 0 bridgehead atoms. The SMILES string of the molecule is CC(CCCI)C1CCC2C3CCC4CCCCC4(C)C3CCC12C. The van der Waals surface area contributed by atoms with Crippen LogP contribution >= 0.6 is 22.6 Å². The van der Waals surface area contributed by atoms with E-state index in [0.29, 0.717) is 10.8 Å². The van der Waals surface area contributed by atoms with E-state index < -0.39 is 0 Å². The van der Waals surface area contributed by atoms with E-state index in [2.05, 4.69) is 43.4 Å². The largest absolute Gasteiger partial charge is 0.0864 e. The molecule has 8 unspecified atom stereocenters. The van der Waals surface area contributed by atoms with E-state index in [1.165, 1.54) is 30.1 Å². The van der Waals surface area contributed by atoms with Crippen LogP contribution in [0.25, 0.3) is 0 Å². The highest BCUT2D eigenvalue weighted by Crippen LogP contribution is 2.68. The summed E-state index contributed by atoms with van der Waals surface area (Å²) in [5.41, 5.74) is 1.40. The maximum absolute atomic E-state index is 2.74. The summed E-state index contributed by atoms with van der Waals surface area (Å²) in [7, 11) is 0. The summed E-state index contributed by atoms with van der Waals surface area (Å²) in [4.78, 5) is 0. The monoisotopic (exact) mass is 456 g/mol. The summed E-state index contributed by atoms with van der Waals surface area (Å²) in [6.07, 6.45) is 18.5. The zero-order valence-corrected chi connectivity index (χ0v) is 19.2. The Hall–Kier alpha value is 0.730. The Balaban J connectivity index is 1.53. The van der Waals surface area contributed by atoms with Gasteiger partial charge in [0.2, 0.25) is 0 Å². The van der Waals surface area contributed by atoms with Crippen LogP contribution in [0.5, 0.6) is 0 Å². The smallest absolute Gasteiger partial charge is 0.000463 e. The van der Waals surface area contributed by atoms with E-state index >= 15 is 0 Å². The van der Waals surface area contributed by atoms with Gasteiger partial charge in [-0.25, -0.2) is 0 Å². The second-order valence-electron chi connectivity index (χ2n) is 10.9. The number of fused-ring (bicyclic) bond motifs is 5. The van der Waals surface area contributed by atoms with Crippen molar-refractivity contribution in [1.82, 2.24) is 0 Å². The van der Waals surface area contributed by atoms with Crippen LogP contribution in [0.4, 0.5) is 0 Å². The second kappa shape index (κ2) is 7.28. The molecule has 0 saturated heterocycles. The quantitative estimate of drug-likeness (QED) is 0.298. The van der Waals surface area contributed by atoms with E-state index in [9.17, 15) is 0 Å². The van der Waals surface area contributed by atoms with Crippen molar-refractivity contribution in [3.63, 3.8) is 0 Å². The molecule has 8 atom stereocenters. The lowest BCUT2D eigenvalue weighted by atomic mass is 9.44. The molecule has 4 aliphatic carbocycles. The molecule has 4 saturated carbocycles. The van der Waals surface area contributed by atoms with Crippen molar-refractivity contribution in [2.45, 2.75) is 97.8 Å². The van der Waals surface area contributed by atoms with Crippen molar-refractivity contribution in [3.8, 4) is 0 Å². The van der Waals surface area contributed by atoms with E-state index in [0.717, 1.165) is 35.5 Å². The minimum atomic E-state index is 0.684. The molecular weight excluding hydrogens is 415 g/mol. The Morgan fingerprint density at radius 3 is 2.48 bits per heavy atom. The zero-order valence-electron chi connectivity index (χ0n) is 17.0. The Bertz CT molecular complexity index is 473. The van der Waals surface area contributed by atoms with Crippen molar-refractivity contribution in [2.75, 3.05) is 4.43 Å². The van der Waals surface area contributed by atoms with Gasteiger partial charge in [-0.05, 0) is 115 Å².